The molecule has 0 spiro atoms. The van der Waals surface area contributed by atoms with Gasteiger partial charge >= 0.3 is 0 Å². The quantitative estimate of drug-likeness (QED) is 0.877. The van der Waals surface area contributed by atoms with Crippen molar-refractivity contribution in [1.29, 1.82) is 0 Å². The summed E-state index contributed by atoms with van der Waals surface area (Å²) in [5.41, 5.74) is 0.112. The van der Waals surface area contributed by atoms with Crippen LogP contribution in [0.2, 0.25) is 5.02 Å². The second-order valence-electron chi connectivity index (χ2n) is 3.82. The second-order valence-corrected chi connectivity index (χ2v) is 6.19. The number of hydrogen-bond acceptors (Lipinski definition) is 4. The molecule has 0 radical (unpaired) electrons. The summed E-state index contributed by atoms with van der Waals surface area (Å²) in [5.74, 6) is -1.37. The van der Waals surface area contributed by atoms with Gasteiger partial charge in [-0.2, -0.15) is 0 Å². The molecule has 0 aliphatic carbocycles. The van der Waals surface area contributed by atoms with Gasteiger partial charge in [-0.1, -0.05) is 11.6 Å². The van der Waals surface area contributed by atoms with E-state index < -0.39 is 21.4 Å². The van der Waals surface area contributed by atoms with Crippen LogP contribution in [-0.2, 0) is 9.84 Å². The van der Waals surface area contributed by atoms with Gasteiger partial charge in [0.1, 0.15) is 5.82 Å². The van der Waals surface area contributed by atoms with Gasteiger partial charge in [-0.3, -0.25) is 4.79 Å². The lowest BCUT2D eigenvalue weighted by atomic mass is 10.1. The van der Waals surface area contributed by atoms with E-state index in [1.807, 2.05) is 0 Å². The van der Waals surface area contributed by atoms with Crippen LogP contribution in [0.15, 0.2) is 29.4 Å². The van der Waals surface area contributed by atoms with E-state index in [1.165, 1.54) is 6.07 Å². The Morgan fingerprint density at radius 1 is 1.42 bits per heavy atom. The van der Waals surface area contributed by atoms with Crippen molar-refractivity contribution in [1.82, 2.24) is 9.97 Å². The number of benzene rings is 1. The maximum absolute atomic E-state index is 13.0. The normalized spacial score (nSPS) is 11.5. The maximum Gasteiger partial charge on any atom is 0.228 e. The van der Waals surface area contributed by atoms with Crippen molar-refractivity contribution < 1.29 is 17.6 Å². The summed E-state index contributed by atoms with van der Waals surface area (Å²) in [7, 11) is -3.49. The Hall–Kier alpha value is -1.73. The van der Waals surface area contributed by atoms with Gasteiger partial charge in [-0.05, 0) is 18.2 Å². The minimum Gasteiger partial charge on any atom is -0.341 e. The van der Waals surface area contributed by atoms with Crippen molar-refractivity contribution in [3.8, 4) is 0 Å². The Labute approximate surface area is 113 Å². The van der Waals surface area contributed by atoms with Crippen LogP contribution < -0.4 is 0 Å². The molecule has 2 aromatic rings. The van der Waals surface area contributed by atoms with Gasteiger partial charge < -0.3 is 4.98 Å². The Balaban J connectivity index is 2.39. The molecule has 0 unspecified atom stereocenters. The third kappa shape index (κ3) is 2.82. The zero-order chi connectivity index (χ0) is 14.2. The van der Waals surface area contributed by atoms with Gasteiger partial charge in [0.05, 0.1) is 5.02 Å². The third-order valence-electron chi connectivity index (χ3n) is 2.33. The minimum absolute atomic E-state index is 0.112. The summed E-state index contributed by atoms with van der Waals surface area (Å²) in [6.07, 6.45) is 2.10. The first kappa shape index (κ1) is 13.7. The fraction of sp³-hybridized carbons (Fsp3) is 0.0909. The van der Waals surface area contributed by atoms with Crippen molar-refractivity contribution in [2.24, 2.45) is 0 Å². The molecule has 100 valence electrons. The van der Waals surface area contributed by atoms with Gasteiger partial charge in [-0.15, -0.1) is 0 Å². The van der Waals surface area contributed by atoms with E-state index in [9.17, 15) is 17.6 Å². The van der Waals surface area contributed by atoms with Crippen LogP contribution >= 0.6 is 11.6 Å². The lowest BCUT2D eigenvalue weighted by Crippen LogP contribution is -2.05. The molecular formula is C11H8ClFN2O3S. The van der Waals surface area contributed by atoms with Gasteiger partial charge in [0.15, 0.2) is 20.7 Å². The van der Waals surface area contributed by atoms with E-state index in [2.05, 4.69) is 9.97 Å². The number of carbonyl (C=O) groups excluding carboxylic acids is 1. The van der Waals surface area contributed by atoms with Gasteiger partial charge in [0.25, 0.3) is 0 Å². The molecule has 5 nitrogen and oxygen atoms in total. The van der Waals surface area contributed by atoms with Crippen LogP contribution in [0.4, 0.5) is 4.39 Å². The number of nitrogens with one attached hydrogen (secondary N) is 1. The summed E-state index contributed by atoms with van der Waals surface area (Å²) in [5, 5.41) is -0.426. The molecule has 0 atom stereocenters. The molecule has 1 N–H and O–H groups in total. The number of imidazole rings is 1. The summed E-state index contributed by atoms with van der Waals surface area (Å²) >= 11 is 5.57. The van der Waals surface area contributed by atoms with E-state index in [0.717, 1.165) is 24.6 Å². The molecule has 1 heterocycles. The van der Waals surface area contributed by atoms with Crippen LogP contribution in [-0.4, -0.2) is 30.4 Å². The highest BCUT2D eigenvalue weighted by molar-refractivity contribution is 7.90. The smallest absolute Gasteiger partial charge is 0.228 e. The molecular weight excluding hydrogens is 295 g/mol. The lowest BCUT2D eigenvalue weighted by Gasteiger charge is -1.99. The molecule has 1 aromatic heterocycles. The lowest BCUT2D eigenvalue weighted by molar-refractivity contribution is 0.103. The molecule has 1 aromatic carbocycles. The number of carbonyl (C=O) groups is 1. The molecule has 8 heteroatoms. The highest BCUT2D eigenvalue weighted by Crippen LogP contribution is 2.18. The maximum atomic E-state index is 13.0. The highest BCUT2D eigenvalue weighted by Gasteiger charge is 2.18. The number of nitrogens with zero attached hydrogens (tertiary/aromatic N) is 1. The van der Waals surface area contributed by atoms with E-state index in [4.69, 9.17) is 11.6 Å². The number of aromatic amines is 1. The zero-order valence-electron chi connectivity index (χ0n) is 9.65. The first-order valence-electron chi connectivity index (χ1n) is 5.04. The zero-order valence-corrected chi connectivity index (χ0v) is 11.2. The van der Waals surface area contributed by atoms with Gasteiger partial charge in [0.2, 0.25) is 5.78 Å². The topological polar surface area (TPSA) is 79.9 Å². The Bertz CT molecular complexity index is 755. The summed E-state index contributed by atoms with van der Waals surface area (Å²) in [4.78, 5) is 18.1. The van der Waals surface area contributed by atoms with Crippen LogP contribution in [0.5, 0.6) is 0 Å². The number of aromatic nitrogens is 2. The molecule has 0 fully saturated rings. The first-order chi connectivity index (χ1) is 8.79. The average molecular weight is 303 g/mol. The molecule has 0 amide bonds. The molecule has 0 saturated heterocycles. The van der Waals surface area contributed by atoms with Crippen molar-refractivity contribution >= 4 is 27.2 Å². The van der Waals surface area contributed by atoms with E-state index in [-0.39, 0.29) is 21.4 Å². The third-order valence-corrected chi connectivity index (χ3v) is 3.59. The van der Waals surface area contributed by atoms with Gasteiger partial charge in [-0.25, -0.2) is 17.8 Å². The average Bonchev–Trinajstić information content (AvgIpc) is 2.81. The largest absolute Gasteiger partial charge is 0.341 e. The molecule has 0 saturated carbocycles. The molecule has 0 bridgehead atoms. The number of rotatable bonds is 3. The Kier molecular flexibility index (Phi) is 3.42. The van der Waals surface area contributed by atoms with Crippen molar-refractivity contribution in [3.63, 3.8) is 0 Å². The van der Waals surface area contributed by atoms with Crippen LogP contribution in [0, 0.1) is 5.82 Å². The second kappa shape index (κ2) is 4.75. The standard InChI is InChI=1S/C11H8ClFN2O3S/c1-19(17,18)9-5-14-11(15-9)10(16)6-2-3-8(13)7(12)4-6/h2-5H,1H3,(H,14,15). The summed E-state index contributed by atoms with van der Waals surface area (Å²) in [6, 6.07) is 3.45. The predicted molar refractivity (Wildman–Crippen MR) is 66.5 cm³/mol. The van der Waals surface area contributed by atoms with E-state index in [0.29, 0.717) is 0 Å². The minimum atomic E-state index is -3.49. The summed E-state index contributed by atoms with van der Waals surface area (Å²) < 4.78 is 35.5. The Morgan fingerprint density at radius 2 is 2.11 bits per heavy atom. The fourth-order valence-electron chi connectivity index (χ4n) is 1.39. The van der Waals surface area contributed by atoms with E-state index in [1.54, 1.807) is 0 Å². The van der Waals surface area contributed by atoms with Crippen LogP contribution in [0.3, 0.4) is 0 Å². The van der Waals surface area contributed by atoms with Crippen molar-refractivity contribution in [2.45, 2.75) is 5.03 Å². The number of halogens is 2. The van der Waals surface area contributed by atoms with Crippen molar-refractivity contribution in [2.75, 3.05) is 6.26 Å². The monoisotopic (exact) mass is 302 g/mol. The van der Waals surface area contributed by atoms with Crippen LogP contribution in [0.1, 0.15) is 16.2 Å². The Morgan fingerprint density at radius 3 is 2.63 bits per heavy atom. The number of sulfone groups is 1. The van der Waals surface area contributed by atoms with Crippen molar-refractivity contribution in [3.05, 3.63) is 46.6 Å². The predicted octanol–water partition coefficient (Wildman–Crippen LogP) is 1.84. The number of H-pyrrole nitrogens is 1. The number of ketones is 1. The fourth-order valence-corrected chi connectivity index (χ4v) is 2.10. The molecule has 19 heavy (non-hydrogen) atoms. The molecule has 0 aliphatic rings. The molecule has 0 aliphatic heterocycles. The summed E-state index contributed by atoms with van der Waals surface area (Å²) in [6.45, 7) is 0. The number of hydrogen-bond donors (Lipinski definition) is 1. The highest BCUT2D eigenvalue weighted by atomic mass is 35.5. The van der Waals surface area contributed by atoms with Crippen LogP contribution in [0.25, 0.3) is 0 Å². The first-order valence-corrected chi connectivity index (χ1v) is 7.31. The van der Waals surface area contributed by atoms with E-state index >= 15 is 0 Å². The van der Waals surface area contributed by atoms with Gasteiger partial charge in [0, 0.05) is 18.0 Å². The molecule has 2 rings (SSSR count). The SMILES string of the molecule is CS(=O)(=O)c1c[nH]c(C(=O)c2ccc(F)c(Cl)c2)n1.